The van der Waals surface area contributed by atoms with Crippen LogP contribution >= 0.6 is 11.3 Å². The second-order valence-corrected chi connectivity index (χ2v) is 11.3. The van der Waals surface area contributed by atoms with Crippen molar-refractivity contribution >= 4 is 45.1 Å². The van der Waals surface area contributed by atoms with Gasteiger partial charge in [0.25, 0.3) is 5.91 Å². The molecule has 3 heterocycles. The van der Waals surface area contributed by atoms with Crippen molar-refractivity contribution in [1.29, 1.82) is 0 Å². The summed E-state index contributed by atoms with van der Waals surface area (Å²) in [5.74, 6) is -0.0539. The molecule has 0 radical (unpaired) electrons. The third kappa shape index (κ3) is 4.77. The van der Waals surface area contributed by atoms with Crippen LogP contribution in [0, 0.1) is 0 Å². The van der Waals surface area contributed by atoms with Crippen LogP contribution in [0.1, 0.15) is 52.7 Å². The topological polar surface area (TPSA) is 74.3 Å². The molecule has 3 aromatic carbocycles. The zero-order valence-corrected chi connectivity index (χ0v) is 22.6. The minimum atomic E-state index is -0.477. The molecule has 0 bridgehead atoms. The number of esters is 1. The molecule has 0 unspecified atom stereocenters. The lowest BCUT2D eigenvalue weighted by molar-refractivity contribution is 0.0475. The fourth-order valence-electron chi connectivity index (χ4n) is 4.46. The largest absolute Gasteiger partial charge is 0.457 e. The van der Waals surface area contributed by atoms with E-state index in [2.05, 4.69) is 26.2 Å². The highest BCUT2D eigenvalue weighted by atomic mass is 32.1. The van der Waals surface area contributed by atoms with Crippen molar-refractivity contribution in [2.45, 2.75) is 32.8 Å². The Hall–Kier alpha value is -4.49. The Balaban J connectivity index is 1.31. The molecule has 0 spiro atoms. The highest BCUT2D eigenvalue weighted by Crippen LogP contribution is 2.34. The zero-order chi connectivity index (χ0) is 27.1. The average molecular weight is 535 g/mol. The molecular weight excluding hydrogens is 508 g/mol. The van der Waals surface area contributed by atoms with Gasteiger partial charge in [0.05, 0.1) is 16.8 Å². The summed E-state index contributed by atoms with van der Waals surface area (Å²) < 4.78 is 13.1. The van der Waals surface area contributed by atoms with Crippen LogP contribution in [0.15, 0.2) is 94.9 Å². The lowest BCUT2D eigenvalue weighted by atomic mass is 9.93. The number of carbonyl (C=O) groups is 2. The minimum absolute atomic E-state index is 0.0489. The molecule has 3 aromatic heterocycles. The first-order chi connectivity index (χ1) is 18.8. The first kappa shape index (κ1) is 24.8. The van der Waals surface area contributed by atoms with Crippen LogP contribution in [0.2, 0.25) is 0 Å². The monoisotopic (exact) mass is 534 g/mol. The normalized spacial score (nSPS) is 11.8. The summed E-state index contributed by atoms with van der Waals surface area (Å²) in [4.78, 5) is 31.4. The van der Waals surface area contributed by atoms with Crippen molar-refractivity contribution in [2.24, 2.45) is 0 Å². The van der Waals surface area contributed by atoms with Crippen LogP contribution in [0.3, 0.4) is 0 Å². The first-order valence-corrected chi connectivity index (χ1v) is 13.5. The van der Waals surface area contributed by atoms with Crippen molar-refractivity contribution in [2.75, 3.05) is 0 Å². The number of nitrogens with zero attached hydrogens (tertiary/aromatic N) is 2. The summed E-state index contributed by atoms with van der Waals surface area (Å²) in [6.45, 7) is 6.54. The van der Waals surface area contributed by atoms with Gasteiger partial charge in [-0.1, -0.05) is 69.3 Å². The van der Waals surface area contributed by atoms with Crippen LogP contribution in [-0.4, -0.2) is 21.4 Å². The Morgan fingerprint density at radius 1 is 0.974 bits per heavy atom. The maximum atomic E-state index is 13.7. The third-order valence-electron chi connectivity index (χ3n) is 6.61. The summed E-state index contributed by atoms with van der Waals surface area (Å²) in [6, 6.07) is 24.1. The number of thiazole rings is 1. The van der Waals surface area contributed by atoms with E-state index in [0.29, 0.717) is 33.4 Å². The molecule has 0 atom stereocenters. The quantitative estimate of drug-likeness (QED) is 0.211. The lowest BCUT2D eigenvalue weighted by Gasteiger charge is -2.13. The van der Waals surface area contributed by atoms with Gasteiger partial charge in [0, 0.05) is 33.3 Å². The van der Waals surface area contributed by atoms with Gasteiger partial charge in [-0.3, -0.25) is 9.36 Å². The summed E-state index contributed by atoms with van der Waals surface area (Å²) in [5.41, 5.74) is 4.00. The number of rotatable bonds is 5. The van der Waals surface area contributed by atoms with Gasteiger partial charge in [0.15, 0.2) is 10.8 Å². The molecule has 0 saturated carbocycles. The van der Waals surface area contributed by atoms with E-state index in [1.807, 2.05) is 66.7 Å². The highest BCUT2D eigenvalue weighted by Gasteiger charge is 2.22. The van der Waals surface area contributed by atoms with Crippen molar-refractivity contribution in [3.63, 3.8) is 0 Å². The summed E-state index contributed by atoms with van der Waals surface area (Å²) in [7, 11) is 0. The van der Waals surface area contributed by atoms with E-state index in [9.17, 15) is 9.59 Å². The van der Waals surface area contributed by atoms with Gasteiger partial charge >= 0.3 is 5.97 Å². The molecule has 0 saturated heterocycles. The Labute approximate surface area is 229 Å². The van der Waals surface area contributed by atoms with E-state index < -0.39 is 5.97 Å². The Morgan fingerprint density at radius 2 is 1.74 bits per heavy atom. The fourth-order valence-corrected chi connectivity index (χ4v) is 5.46. The molecule has 0 N–H and O–H groups in total. The van der Waals surface area contributed by atoms with Crippen LogP contribution in [0.5, 0.6) is 0 Å². The van der Waals surface area contributed by atoms with Gasteiger partial charge in [-0.2, -0.15) is 0 Å². The number of furan rings is 1. The van der Waals surface area contributed by atoms with Crippen LogP contribution < -0.4 is 0 Å². The number of benzene rings is 3. The van der Waals surface area contributed by atoms with Crippen molar-refractivity contribution in [3.8, 4) is 10.8 Å². The lowest BCUT2D eigenvalue weighted by Crippen LogP contribution is -2.11. The summed E-state index contributed by atoms with van der Waals surface area (Å²) in [6.07, 6.45) is 1.56. The molecule has 0 aliphatic rings. The Kier molecular flexibility index (Phi) is 6.16. The molecule has 39 heavy (non-hydrogen) atoms. The van der Waals surface area contributed by atoms with Gasteiger partial charge in [-0.05, 0) is 35.9 Å². The predicted octanol–water partition coefficient (Wildman–Crippen LogP) is 7.85. The first-order valence-electron chi connectivity index (χ1n) is 12.6. The molecule has 194 valence electrons. The van der Waals surface area contributed by atoms with Gasteiger partial charge in [-0.25, -0.2) is 9.78 Å². The number of ether oxygens (including phenoxy) is 1. The molecule has 7 heteroatoms. The maximum absolute atomic E-state index is 13.7. The van der Waals surface area contributed by atoms with Gasteiger partial charge in [0.2, 0.25) is 0 Å². The van der Waals surface area contributed by atoms with Gasteiger partial charge in [-0.15, -0.1) is 11.3 Å². The van der Waals surface area contributed by atoms with E-state index in [0.717, 1.165) is 21.7 Å². The Morgan fingerprint density at radius 3 is 2.51 bits per heavy atom. The molecule has 6 rings (SSSR count). The Bertz CT molecular complexity index is 1840. The minimum Gasteiger partial charge on any atom is -0.457 e. The smallest absolute Gasteiger partial charge is 0.340 e. The predicted molar refractivity (Wildman–Crippen MR) is 153 cm³/mol. The van der Waals surface area contributed by atoms with Crippen molar-refractivity contribution in [1.82, 2.24) is 9.55 Å². The maximum Gasteiger partial charge on any atom is 0.340 e. The molecule has 0 aliphatic heterocycles. The highest BCUT2D eigenvalue weighted by molar-refractivity contribution is 7.13. The number of hydrogen-bond acceptors (Lipinski definition) is 6. The molecule has 6 aromatic rings. The molecule has 0 amide bonds. The average Bonchev–Trinajstić information content (AvgIpc) is 3.68. The number of fused-ring (bicyclic) bond motifs is 2. The molecular formula is C32H26N2O4S. The SMILES string of the molecule is CC(C)(C)c1csc(-c2cc3cc(C(=O)n4cc(C(=O)OCc5ccccc5)c5ccccc54)ccc3o2)n1. The second kappa shape index (κ2) is 9.67. The standard InChI is InChI=1S/C32H26N2O4S/c1-32(2,3)28-19-39-29(33-28)27-16-22-15-21(13-14-26(22)38-27)30(35)34-17-24(23-11-7-8-12-25(23)34)31(36)37-18-20-9-5-4-6-10-20/h4-17,19H,18H2,1-3H3. The summed E-state index contributed by atoms with van der Waals surface area (Å²) in [5, 5.41) is 4.33. The second-order valence-electron chi connectivity index (χ2n) is 10.4. The molecule has 6 nitrogen and oxygen atoms in total. The van der Waals surface area contributed by atoms with E-state index in [-0.39, 0.29) is 17.9 Å². The van der Waals surface area contributed by atoms with Crippen molar-refractivity contribution < 1.29 is 18.7 Å². The van der Waals surface area contributed by atoms with E-state index in [1.54, 1.807) is 29.7 Å². The van der Waals surface area contributed by atoms with Crippen molar-refractivity contribution in [3.05, 3.63) is 113 Å². The molecule has 0 aliphatic carbocycles. The summed E-state index contributed by atoms with van der Waals surface area (Å²) >= 11 is 1.54. The molecule has 0 fully saturated rings. The number of hydrogen-bond donors (Lipinski definition) is 0. The zero-order valence-electron chi connectivity index (χ0n) is 21.8. The number of para-hydroxylation sites is 1. The van der Waals surface area contributed by atoms with Crippen LogP contribution in [0.25, 0.3) is 32.6 Å². The van der Waals surface area contributed by atoms with Crippen LogP contribution in [-0.2, 0) is 16.8 Å². The fraction of sp³-hybridized carbons (Fsp3) is 0.156. The van der Waals surface area contributed by atoms with Crippen LogP contribution in [0.4, 0.5) is 0 Å². The van der Waals surface area contributed by atoms with E-state index >= 15 is 0 Å². The van der Waals surface area contributed by atoms with E-state index in [1.165, 1.54) is 4.57 Å². The third-order valence-corrected chi connectivity index (χ3v) is 7.47. The number of carbonyl (C=O) groups excluding carboxylic acids is 2. The van der Waals surface area contributed by atoms with Gasteiger partial charge < -0.3 is 9.15 Å². The number of aromatic nitrogens is 2. The van der Waals surface area contributed by atoms with E-state index in [4.69, 9.17) is 14.1 Å². The van der Waals surface area contributed by atoms with Gasteiger partial charge in [0.1, 0.15) is 12.2 Å².